The zero-order valence-corrected chi connectivity index (χ0v) is 19.8. The number of amides is 1. The van der Waals surface area contributed by atoms with E-state index < -0.39 is 0 Å². The first kappa shape index (κ1) is 21.7. The Bertz CT molecular complexity index is 1390. The third kappa shape index (κ3) is 4.95. The van der Waals surface area contributed by atoms with Crippen LogP contribution in [0.2, 0.25) is 5.02 Å². The van der Waals surface area contributed by atoms with Crippen LogP contribution in [-0.4, -0.2) is 26.4 Å². The summed E-state index contributed by atoms with van der Waals surface area (Å²) < 4.78 is 1.99. The number of aromatic nitrogens is 3. The first-order valence-corrected chi connectivity index (χ1v) is 12.5. The number of rotatable bonds is 7. The molecule has 33 heavy (non-hydrogen) atoms. The summed E-state index contributed by atoms with van der Waals surface area (Å²) in [6.07, 6.45) is 0.663. The quantitative estimate of drug-likeness (QED) is 0.266. The van der Waals surface area contributed by atoms with Gasteiger partial charge >= 0.3 is 0 Å². The summed E-state index contributed by atoms with van der Waals surface area (Å²) in [6.45, 7) is 0. The van der Waals surface area contributed by atoms with Crippen molar-refractivity contribution in [3.63, 3.8) is 0 Å². The Morgan fingerprint density at radius 1 is 0.970 bits per heavy atom. The Morgan fingerprint density at radius 2 is 1.79 bits per heavy atom. The third-order valence-corrected chi connectivity index (χ3v) is 7.15. The number of anilines is 1. The van der Waals surface area contributed by atoms with E-state index in [4.69, 9.17) is 11.6 Å². The van der Waals surface area contributed by atoms with E-state index in [1.165, 1.54) is 16.6 Å². The van der Waals surface area contributed by atoms with Crippen LogP contribution in [0, 0.1) is 0 Å². The van der Waals surface area contributed by atoms with Gasteiger partial charge in [0.05, 0.1) is 5.75 Å². The number of thiophene rings is 1. The standard InChI is InChI=1S/C25H19ClN4OS2/c26-18-10-12-19(13-11-18)30-23(15-20-7-4-14-32-20)28-29-25(30)33-16-24(31)27-22-9-3-6-17-5-1-2-8-21(17)22/h1-14H,15-16H2,(H,27,31). The second-order valence-electron chi connectivity index (χ2n) is 7.33. The van der Waals surface area contributed by atoms with Crippen molar-refractivity contribution in [3.8, 4) is 5.69 Å². The lowest BCUT2D eigenvalue weighted by Crippen LogP contribution is -2.15. The minimum atomic E-state index is -0.0955. The van der Waals surface area contributed by atoms with Crippen LogP contribution < -0.4 is 5.32 Å². The summed E-state index contributed by atoms with van der Waals surface area (Å²) in [4.78, 5) is 14.0. The van der Waals surface area contributed by atoms with Gasteiger partial charge in [0.1, 0.15) is 5.82 Å². The minimum Gasteiger partial charge on any atom is -0.325 e. The van der Waals surface area contributed by atoms with Crippen molar-refractivity contribution in [3.05, 3.63) is 100.0 Å². The highest BCUT2D eigenvalue weighted by molar-refractivity contribution is 7.99. The van der Waals surface area contributed by atoms with E-state index in [0.717, 1.165) is 28.0 Å². The van der Waals surface area contributed by atoms with Crippen LogP contribution in [0.4, 0.5) is 5.69 Å². The maximum Gasteiger partial charge on any atom is 0.234 e. The highest BCUT2D eigenvalue weighted by Gasteiger charge is 2.17. The van der Waals surface area contributed by atoms with Crippen LogP contribution in [0.15, 0.2) is 89.4 Å². The Kier molecular flexibility index (Phi) is 6.44. The molecule has 1 amide bonds. The fraction of sp³-hybridized carbons (Fsp3) is 0.0800. The molecule has 0 saturated heterocycles. The van der Waals surface area contributed by atoms with Crippen molar-refractivity contribution in [1.29, 1.82) is 0 Å². The van der Waals surface area contributed by atoms with Gasteiger partial charge in [0.25, 0.3) is 0 Å². The molecule has 0 aliphatic rings. The smallest absolute Gasteiger partial charge is 0.234 e. The van der Waals surface area contributed by atoms with E-state index in [0.29, 0.717) is 16.6 Å². The van der Waals surface area contributed by atoms with Crippen LogP contribution in [0.25, 0.3) is 16.5 Å². The molecule has 2 heterocycles. The van der Waals surface area contributed by atoms with Crippen molar-refractivity contribution in [2.75, 3.05) is 11.1 Å². The zero-order valence-electron chi connectivity index (χ0n) is 17.4. The first-order chi connectivity index (χ1) is 16.2. The number of hydrogen-bond acceptors (Lipinski definition) is 5. The minimum absolute atomic E-state index is 0.0955. The number of hydrogen-bond donors (Lipinski definition) is 1. The predicted molar refractivity (Wildman–Crippen MR) is 137 cm³/mol. The fourth-order valence-electron chi connectivity index (χ4n) is 3.58. The van der Waals surface area contributed by atoms with Crippen LogP contribution >= 0.6 is 34.7 Å². The molecule has 0 spiro atoms. The molecular formula is C25H19ClN4OS2. The molecule has 2 aromatic heterocycles. The molecular weight excluding hydrogens is 472 g/mol. The molecule has 8 heteroatoms. The second kappa shape index (κ2) is 9.79. The topological polar surface area (TPSA) is 59.8 Å². The molecule has 0 bridgehead atoms. The van der Waals surface area contributed by atoms with Crippen LogP contribution in [0.3, 0.4) is 0 Å². The molecule has 0 aliphatic carbocycles. The number of nitrogens with zero attached hydrogens (tertiary/aromatic N) is 3. The second-order valence-corrected chi connectivity index (χ2v) is 9.74. The zero-order chi connectivity index (χ0) is 22.6. The van der Waals surface area contributed by atoms with Crippen molar-refractivity contribution in [1.82, 2.24) is 14.8 Å². The summed E-state index contributed by atoms with van der Waals surface area (Å²) in [5.74, 6) is 0.937. The van der Waals surface area contributed by atoms with Crippen molar-refractivity contribution >= 4 is 57.1 Å². The average Bonchev–Trinajstić information content (AvgIpc) is 3.49. The van der Waals surface area contributed by atoms with Crippen LogP contribution in [0.5, 0.6) is 0 Å². The Labute approximate surface area is 204 Å². The number of thioether (sulfide) groups is 1. The van der Waals surface area contributed by atoms with Crippen LogP contribution in [0.1, 0.15) is 10.7 Å². The van der Waals surface area contributed by atoms with Gasteiger partial charge in [0.15, 0.2) is 5.16 Å². The van der Waals surface area contributed by atoms with E-state index in [9.17, 15) is 4.79 Å². The van der Waals surface area contributed by atoms with Gasteiger partial charge in [-0.1, -0.05) is 65.8 Å². The Morgan fingerprint density at radius 3 is 2.61 bits per heavy atom. The van der Waals surface area contributed by atoms with Gasteiger partial charge in [-0.05, 0) is 47.2 Å². The lowest BCUT2D eigenvalue weighted by Gasteiger charge is -2.11. The average molecular weight is 491 g/mol. The monoisotopic (exact) mass is 490 g/mol. The predicted octanol–water partition coefficient (Wildman–Crippen LogP) is 6.46. The summed E-state index contributed by atoms with van der Waals surface area (Å²) in [5, 5.41) is 17.3. The normalized spacial score (nSPS) is 11.1. The number of fused-ring (bicyclic) bond motifs is 1. The lowest BCUT2D eigenvalue weighted by molar-refractivity contribution is -0.113. The Balaban J connectivity index is 1.37. The Hall–Kier alpha value is -3.13. The van der Waals surface area contributed by atoms with Gasteiger partial charge in [-0.25, -0.2) is 0 Å². The van der Waals surface area contributed by atoms with Crippen LogP contribution in [-0.2, 0) is 11.2 Å². The number of halogens is 1. The molecule has 164 valence electrons. The molecule has 5 aromatic rings. The molecule has 5 nitrogen and oxygen atoms in total. The maximum atomic E-state index is 12.8. The number of benzene rings is 3. The molecule has 3 aromatic carbocycles. The third-order valence-electron chi connectivity index (χ3n) is 5.09. The van der Waals surface area contributed by atoms with Gasteiger partial charge in [-0.3, -0.25) is 9.36 Å². The summed E-state index contributed by atoms with van der Waals surface area (Å²) in [6, 6.07) is 25.5. The first-order valence-electron chi connectivity index (χ1n) is 10.3. The molecule has 0 atom stereocenters. The van der Waals surface area contributed by atoms with Gasteiger partial charge in [-0.2, -0.15) is 0 Å². The molecule has 5 rings (SSSR count). The van der Waals surface area contributed by atoms with E-state index in [-0.39, 0.29) is 11.7 Å². The van der Waals surface area contributed by atoms with Gasteiger partial charge < -0.3 is 5.32 Å². The van der Waals surface area contributed by atoms with E-state index in [1.807, 2.05) is 82.7 Å². The van der Waals surface area contributed by atoms with E-state index in [2.05, 4.69) is 21.6 Å². The molecule has 1 N–H and O–H groups in total. The molecule has 0 unspecified atom stereocenters. The van der Waals surface area contributed by atoms with E-state index >= 15 is 0 Å². The summed E-state index contributed by atoms with van der Waals surface area (Å²) in [7, 11) is 0. The molecule has 0 fully saturated rings. The largest absolute Gasteiger partial charge is 0.325 e. The number of nitrogens with one attached hydrogen (secondary N) is 1. The molecule has 0 saturated carbocycles. The SMILES string of the molecule is O=C(CSc1nnc(Cc2cccs2)n1-c1ccc(Cl)cc1)Nc1cccc2ccccc12. The fourth-order valence-corrected chi connectivity index (χ4v) is 5.18. The van der Waals surface area contributed by atoms with Crippen molar-refractivity contribution < 1.29 is 4.79 Å². The molecule has 0 aliphatic heterocycles. The highest BCUT2D eigenvalue weighted by atomic mass is 35.5. The molecule has 0 radical (unpaired) electrons. The van der Waals surface area contributed by atoms with Gasteiger partial charge in [0.2, 0.25) is 5.91 Å². The number of carbonyl (C=O) groups excluding carboxylic acids is 1. The van der Waals surface area contributed by atoms with Gasteiger partial charge in [0, 0.05) is 33.1 Å². The highest BCUT2D eigenvalue weighted by Crippen LogP contribution is 2.27. The van der Waals surface area contributed by atoms with Gasteiger partial charge in [-0.15, -0.1) is 21.5 Å². The van der Waals surface area contributed by atoms with Crippen molar-refractivity contribution in [2.24, 2.45) is 0 Å². The lowest BCUT2D eigenvalue weighted by atomic mass is 10.1. The van der Waals surface area contributed by atoms with E-state index in [1.54, 1.807) is 11.3 Å². The maximum absolute atomic E-state index is 12.8. The summed E-state index contributed by atoms with van der Waals surface area (Å²) >= 11 is 9.13. The number of carbonyl (C=O) groups is 1. The summed E-state index contributed by atoms with van der Waals surface area (Å²) in [5.41, 5.74) is 1.71. The van der Waals surface area contributed by atoms with Crippen molar-refractivity contribution in [2.45, 2.75) is 11.6 Å².